The van der Waals surface area contributed by atoms with Crippen molar-refractivity contribution in [2.45, 2.75) is 38.8 Å². The molecule has 1 fully saturated rings. The third-order valence-corrected chi connectivity index (χ3v) is 5.00. The summed E-state index contributed by atoms with van der Waals surface area (Å²) in [5.41, 5.74) is 2.41. The van der Waals surface area contributed by atoms with E-state index in [2.05, 4.69) is 10.2 Å². The lowest BCUT2D eigenvalue weighted by molar-refractivity contribution is 0.0583. The molecule has 3 heterocycles. The number of hydrogen-bond acceptors (Lipinski definition) is 3. The van der Waals surface area contributed by atoms with Crippen molar-refractivity contribution in [3.63, 3.8) is 0 Å². The molecule has 1 amide bonds. The summed E-state index contributed by atoms with van der Waals surface area (Å²) in [6, 6.07) is 12.0. The topological polar surface area (TPSA) is 56.0 Å². The number of likely N-dealkylation sites (tertiary alicyclic amines) is 1. The number of carbonyl (C=O) groups excluding carboxylic acids is 1. The molecule has 0 saturated carbocycles. The Balaban J connectivity index is 1.58. The molecule has 1 aliphatic rings. The van der Waals surface area contributed by atoms with Gasteiger partial charge >= 0.3 is 0 Å². The molecule has 4 rings (SSSR count). The molecule has 0 N–H and O–H groups in total. The Hall–Kier alpha value is -2.89. The van der Waals surface area contributed by atoms with Gasteiger partial charge < -0.3 is 4.90 Å². The van der Waals surface area contributed by atoms with E-state index >= 15 is 0 Å². The van der Waals surface area contributed by atoms with Gasteiger partial charge in [-0.3, -0.25) is 9.48 Å². The number of benzene rings is 1. The lowest BCUT2D eigenvalue weighted by Gasteiger charge is -2.35. The van der Waals surface area contributed by atoms with Crippen molar-refractivity contribution in [3.05, 3.63) is 66.2 Å². The molecular formula is C20H23N5O. The average molecular weight is 349 g/mol. The zero-order valence-electron chi connectivity index (χ0n) is 15.0. The van der Waals surface area contributed by atoms with Gasteiger partial charge in [-0.1, -0.05) is 18.2 Å². The average Bonchev–Trinajstić information content (AvgIpc) is 3.32. The van der Waals surface area contributed by atoms with E-state index in [4.69, 9.17) is 0 Å². The summed E-state index contributed by atoms with van der Waals surface area (Å²) in [4.78, 5) is 15.3. The predicted molar refractivity (Wildman–Crippen MR) is 99.2 cm³/mol. The van der Waals surface area contributed by atoms with Crippen LogP contribution in [0.25, 0.3) is 5.69 Å². The van der Waals surface area contributed by atoms with E-state index in [9.17, 15) is 4.79 Å². The maximum Gasteiger partial charge on any atom is 0.257 e. The summed E-state index contributed by atoms with van der Waals surface area (Å²) in [6.07, 6.45) is 8.80. The fraction of sp³-hybridized carbons (Fsp3) is 0.350. The highest BCUT2D eigenvalue weighted by Gasteiger charge is 2.29. The minimum Gasteiger partial charge on any atom is -0.334 e. The van der Waals surface area contributed by atoms with Crippen LogP contribution in [0, 0.1) is 6.92 Å². The summed E-state index contributed by atoms with van der Waals surface area (Å²) < 4.78 is 3.70. The van der Waals surface area contributed by atoms with E-state index in [0.717, 1.165) is 43.7 Å². The highest BCUT2D eigenvalue weighted by atomic mass is 16.2. The fourth-order valence-electron chi connectivity index (χ4n) is 3.62. The van der Waals surface area contributed by atoms with Crippen LogP contribution < -0.4 is 0 Å². The van der Waals surface area contributed by atoms with Gasteiger partial charge in [0, 0.05) is 25.1 Å². The normalized spacial score (nSPS) is 17.4. The molecule has 6 nitrogen and oxygen atoms in total. The molecule has 0 bridgehead atoms. The second-order valence-corrected chi connectivity index (χ2v) is 6.78. The van der Waals surface area contributed by atoms with Gasteiger partial charge in [-0.15, -0.1) is 0 Å². The van der Waals surface area contributed by atoms with Crippen LogP contribution in [0.5, 0.6) is 0 Å². The first-order valence-corrected chi connectivity index (χ1v) is 9.12. The Bertz CT molecular complexity index is 869. The standard InChI is InChI=1S/C20H23N5O/c1-16-19(15-25(22-16)17-8-3-2-4-9-17)20(26)24-13-6-5-10-18(24)14-23-12-7-11-21-23/h2-4,7-9,11-12,15,18H,5-6,10,13-14H2,1H3. The van der Waals surface area contributed by atoms with Crippen LogP contribution in [-0.2, 0) is 6.54 Å². The molecule has 0 radical (unpaired) electrons. The summed E-state index contributed by atoms with van der Waals surface area (Å²) in [7, 11) is 0. The number of rotatable bonds is 4. The van der Waals surface area contributed by atoms with E-state index in [-0.39, 0.29) is 11.9 Å². The van der Waals surface area contributed by atoms with Crippen LogP contribution in [0.3, 0.4) is 0 Å². The zero-order chi connectivity index (χ0) is 17.9. The first kappa shape index (κ1) is 16.6. The van der Waals surface area contributed by atoms with Crippen LogP contribution in [0.15, 0.2) is 55.0 Å². The van der Waals surface area contributed by atoms with Crippen LogP contribution in [0.2, 0.25) is 0 Å². The van der Waals surface area contributed by atoms with Gasteiger partial charge in [0.05, 0.1) is 29.5 Å². The second kappa shape index (κ2) is 7.15. The van der Waals surface area contributed by atoms with Crippen LogP contribution in [-0.4, -0.2) is 43.0 Å². The minimum absolute atomic E-state index is 0.0709. The first-order chi connectivity index (χ1) is 12.7. The van der Waals surface area contributed by atoms with E-state index in [1.807, 2.05) is 65.3 Å². The van der Waals surface area contributed by atoms with Crippen molar-refractivity contribution in [1.82, 2.24) is 24.5 Å². The number of hydrogen-bond donors (Lipinski definition) is 0. The molecule has 3 aromatic rings. The van der Waals surface area contributed by atoms with Crippen LogP contribution in [0.1, 0.15) is 35.3 Å². The SMILES string of the molecule is Cc1nn(-c2ccccc2)cc1C(=O)N1CCCCC1Cn1cccn1. The lowest BCUT2D eigenvalue weighted by atomic mass is 10.0. The Labute approximate surface area is 153 Å². The van der Waals surface area contributed by atoms with Gasteiger partial charge in [0.25, 0.3) is 5.91 Å². The molecule has 1 aromatic carbocycles. The van der Waals surface area contributed by atoms with Crippen molar-refractivity contribution in [2.24, 2.45) is 0 Å². The molecule has 1 atom stereocenters. The summed E-state index contributed by atoms with van der Waals surface area (Å²) in [6.45, 7) is 3.43. The van der Waals surface area contributed by atoms with Crippen molar-refractivity contribution in [3.8, 4) is 5.69 Å². The molecule has 26 heavy (non-hydrogen) atoms. The van der Waals surface area contributed by atoms with Gasteiger partial charge in [-0.25, -0.2) is 4.68 Å². The van der Waals surface area contributed by atoms with Crippen LogP contribution in [0.4, 0.5) is 0 Å². The van der Waals surface area contributed by atoms with Crippen molar-refractivity contribution in [1.29, 1.82) is 0 Å². The predicted octanol–water partition coefficient (Wildman–Crippen LogP) is 3.07. The highest BCUT2D eigenvalue weighted by Crippen LogP contribution is 2.22. The number of aryl methyl sites for hydroxylation is 1. The second-order valence-electron chi connectivity index (χ2n) is 6.78. The molecule has 0 aliphatic carbocycles. The number of aromatic nitrogens is 4. The summed E-state index contributed by atoms with van der Waals surface area (Å²) in [5, 5.41) is 8.85. The monoisotopic (exact) mass is 349 g/mol. The Morgan fingerprint density at radius 3 is 2.81 bits per heavy atom. The summed E-state index contributed by atoms with van der Waals surface area (Å²) in [5.74, 6) is 0.0709. The number of para-hydroxylation sites is 1. The largest absolute Gasteiger partial charge is 0.334 e. The van der Waals surface area contributed by atoms with Gasteiger partial charge in [0.2, 0.25) is 0 Å². The van der Waals surface area contributed by atoms with E-state index in [1.165, 1.54) is 0 Å². The maximum atomic E-state index is 13.2. The molecule has 0 spiro atoms. The first-order valence-electron chi connectivity index (χ1n) is 9.12. The number of carbonyl (C=O) groups is 1. The van der Waals surface area contributed by atoms with Crippen molar-refractivity contribution in [2.75, 3.05) is 6.54 Å². The highest BCUT2D eigenvalue weighted by molar-refractivity contribution is 5.95. The molecule has 1 aliphatic heterocycles. The third kappa shape index (κ3) is 3.27. The third-order valence-electron chi connectivity index (χ3n) is 5.00. The van der Waals surface area contributed by atoms with Crippen LogP contribution >= 0.6 is 0 Å². The van der Waals surface area contributed by atoms with E-state index < -0.39 is 0 Å². The smallest absolute Gasteiger partial charge is 0.257 e. The van der Waals surface area contributed by atoms with Gasteiger partial charge in [-0.05, 0) is 44.4 Å². The molecule has 134 valence electrons. The van der Waals surface area contributed by atoms with Crippen molar-refractivity contribution >= 4 is 5.91 Å². The van der Waals surface area contributed by atoms with E-state index in [1.54, 1.807) is 10.9 Å². The molecule has 2 aromatic heterocycles. The summed E-state index contributed by atoms with van der Waals surface area (Å²) >= 11 is 0. The Kier molecular flexibility index (Phi) is 4.56. The number of amides is 1. The lowest BCUT2D eigenvalue weighted by Crippen LogP contribution is -2.46. The minimum atomic E-state index is 0.0709. The Morgan fingerprint density at radius 1 is 1.19 bits per heavy atom. The van der Waals surface area contributed by atoms with Gasteiger partial charge in [0.15, 0.2) is 0 Å². The van der Waals surface area contributed by atoms with Gasteiger partial charge in [0.1, 0.15) is 0 Å². The zero-order valence-corrected chi connectivity index (χ0v) is 15.0. The molecular weight excluding hydrogens is 326 g/mol. The fourth-order valence-corrected chi connectivity index (χ4v) is 3.62. The maximum absolute atomic E-state index is 13.2. The number of piperidine rings is 1. The molecule has 1 saturated heterocycles. The quantitative estimate of drug-likeness (QED) is 0.727. The van der Waals surface area contributed by atoms with Crippen molar-refractivity contribution < 1.29 is 4.79 Å². The number of nitrogens with zero attached hydrogens (tertiary/aromatic N) is 5. The van der Waals surface area contributed by atoms with Gasteiger partial charge in [-0.2, -0.15) is 10.2 Å². The molecule has 6 heteroatoms. The Morgan fingerprint density at radius 2 is 2.04 bits per heavy atom. The van der Waals surface area contributed by atoms with E-state index in [0.29, 0.717) is 5.56 Å². The molecule has 1 unspecified atom stereocenters.